The van der Waals surface area contributed by atoms with E-state index in [-0.39, 0.29) is 16.9 Å². The van der Waals surface area contributed by atoms with Gasteiger partial charge in [-0.3, -0.25) is 4.79 Å². The van der Waals surface area contributed by atoms with Crippen molar-refractivity contribution in [2.45, 2.75) is 25.7 Å². The van der Waals surface area contributed by atoms with Gasteiger partial charge in [0.05, 0.1) is 0 Å². The lowest BCUT2D eigenvalue weighted by Crippen LogP contribution is -2.12. The highest BCUT2D eigenvalue weighted by Crippen LogP contribution is 2.39. The van der Waals surface area contributed by atoms with E-state index in [1.54, 1.807) is 18.2 Å². The van der Waals surface area contributed by atoms with Gasteiger partial charge in [-0.25, -0.2) is 0 Å². The van der Waals surface area contributed by atoms with Crippen LogP contribution < -0.4 is 0 Å². The number of phenols is 1. The van der Waals surface area contributed by atoms with Crippen molar-refractivity contribution in [3.05, 3.63) is 29.3 Å². The summed E-state index contributed by atoms with van der Waals surface area (Å²) in [6.45, 7) is 4.05. The summed E-state index contributed by atoms with van der Waals surface area (Å²) in [5.41, 5.74) is 1.62. The first-order valence-corrected chi connectivity index (χ1v) is 4.37. The Bertz CT molecular complexity index is 378. The van der Waals surface area contributed by atoms with E-state index < -0.39 is 0 Å². The number of benzene rings is 1. The molecule has 2 nitrogen and oxygen atoms in total. The monoisotopic (exact) mass is 176 g/mol. The van der Waals surface area contributed by atoms with Crippen LogP contribution in [0.15, 0.2) is 18.2 Å². The smallest absolute Gasteiger partial charge is 0.164 e. The Morgan fingerprint density at radius 3 is 2.77 bits per heavy atom. The topological polar surface area (TPSA) is 37.3 Å². The molecule has 2 heteroatoms. The lowest BCUT2D eigenvalue weighted by molar-refractivity contribution is 0.0979. The lowest BCUT2D eigenvalue weighted by atomic mass is 9.86. The van der Waals surface area contributed by atoms with Crippen LogP contribution in [0.4, 0.5) is 0 Å². The molecular formula is C11H12O2. The fraction of sp³-hybridized carbons (Fsp3) is 0.364. The van der Waals surface area contributed by atoms with Gasteiger partial charge in [0.25, 0.3) is 0 Å². The molecule has 0 bridgehead atoms. The molecule has 0 aromatic heterocycles. The maximum Gasteiger partial charge on any atom is 0.164 e. The molecule has 0 unspecified atom stereocenters. The summed E-state index contributed by atoms with van der Waals surface area (Å²) in [6.07, 6.45) is 0.547. The highest BCUT2D eigenvalue weighted by molar-refractivity contribution is 6.02. The third kappa shape index (κ3) is 1.13. The van der Waals surface area contributed by atoms with Crippen LogP contribution in [0.25, 0.3) is 0 Å². The maximum absolute atomic E-state index is 11.5. The maximum atomic E-state index is 11.5. The van der Waals surface area contributed by atoms with Gasteiger partial charge in [-0.2, -0.15) is 0 Å². The van der Waals surface area contributed by atoms with Crippen molar-refractivity contribution in [3.8, 4) is 5.75 Å². The van der Waals surface area contributed by atoms with Crippen LogP contribution in [0.2, 0.25) is 0 Å². The number of phenolic OH excluding ortho intramolecular Hbond substituents is 1. The molecule has 0 saturated carbocycles. The summed E-state index contributed by atoms with van der Waals surface area (Å²) in [4.78, 5) is 11.5. The van der Waals surface area contributed by atoms with Crippen molar-refractivity contribution in [2.75, 3.05) is 0 Å². The molecule has 0 saturated heterocycles. The van der Waals surface area contributed by atoms with E-state index in [4.69, 9.17) is 0 Å². The largest absolute Gasteiger partial charge is 0.508 e. The Labute approximate surface area is 77.2 Å². The van der Waals surface area contributed by atoms with Crippen molar-refractivity contribution >= 4 is 5.78 Å². The Morgan fingerprint density at radius 1 is 1.38 bits per heavy atom. The SMILES string of the molecule is CC1(C)CC(=O)c2ccc(O)cc21. The molecular weight excluding hydrogens is 164 g/mol. The van der Waals surface area contributed by atoms with Gasteiger partial charge in [0.1, 0.15) is 5.75 Å². The number of ketones is 1. The number of rotatable bonds is 0. The minimum absolute atomic E-state index is 0.120. The number of hydrogen-bond donors (Lipinski definition) is 1. The van der Waals surface area contributed by atoms with Gasteiger partial charge in [0.15, 0.2) is 5.78 Å². The molecule has 2 rings (SSSR count). The predicted octanol–water partition coefficient (Wildman–Crippen LogP) is 2.26. The molecule has 0 fully saturated rings. The number of carbonyl (C=O) groups is 1. The molecule has 0 heterocycles. The first-order valence-electron chi connectivity index (χ1n) is 4.37. The Kier molecular flexibility index (Phi) is 1.50. The van der Waals surface area contributed by atoms with E-state index in [1.807, 2.05) is 13.8 Å². The predicted molar refractivity (Wildman–Crippen MR) is 50.1 cm³/mol. The van der Waals surface area contributed by atoms with Gasteiger partial charge < -0.3 is 5.11 Å². The van der Waals surface area contributed by atoms with Gasteiger partial charge in [0, 0.05) is 12.0 Å². The molecule has 1 aliphatic rings. The highest BCUT2D eigenvalue weighted by atomic mass is 16.3. The van der Waals surface area contributed by atoms with Gasteiger partial charge in [-0.15, -0.1) is 0 Å². The molecule has 0 amide bonds. The van der Waals surface area contributed by atoms with Gasteiger partial charge in [-0.05, 0) is 29.2 Å². The molecule has 1 aromatic carbocycles. The van der Waals surface area contributed by atoms with Crippen LogP contribution >= 0.6 is 0 Å². The van der Waals surface area contributed by atoms with E-state index in [0.717, 1.165) is 11.1 Å². The molecule has 1 aromatic rings. The second-order valence-electron chi connectivity index (χ2n) is 4.21. The molecule has 1 aliphatic carbocycles. The van der Waals surface area contributed by atoms with Crippen LogP contribution in [0.5, 0.6) is 5.75 Å². The summed E-state index contributed by atoms with van der Waals surface area (Å²) in [7, 11) is 0. The Hall–Kier alpha value is -1.31. The average Bonchev–Trinajstić information content (AvgIpc) is 2.23. The number of fused-ring (bicyclic) bond motifs is 1. The third-order valence-electron chi connectivity index (χ3n) is 2.64. The zero-order chi connectivity index (χ0) is 9.64. The van der Waals surface area contributed by atoms with Crippen LogP contribution in [0.3, 0.4) is 0 Å². The fourth-order valence-corrected chi connectivity index (χ4v) is 1.93. The fourth-order valence-electron chi connectivity index (χ4n) is 1.93. The van der Waals surface area contributed by atoms with E-state index >= 15 is 0 Å². The lowest BCUT2D eigenvalue weighted by Gasteiger charge is -2.17. The van der Waals surface area contributed by atoms with Crippen molar-refractivity contribution in [1.82, 2.24) is 0 Å². The van der Waals surface area contributed by atoms with Crippen molar-refractivity contribution in [2.24, 2.45) is 0 Å². The van der Waals surface area contributed by atoms with E-state index in [1.165, 1.54) is 0 Å². The number of hydrogen-bond acceptors (Lipinski definition) is 2. The van der Waals surface area contributed by atoms with Gasteiger partial charge in [0.2, 0.25) is 0 Å². The molecule has 0 aliphatic heterocycles. The van der Waals surface area contributed by atoms with E-state index in [0.29, 0.717) is 6.42 Å². The van der Waals surface area contributed by atoms with Crippen molar-refractivity contribution in [1.29, 1.82) is 0 Å². The summed E-state index contributed by atoms with van der Waals surface area (Å²) >= 11 is 0. The van der Waals surface area contributed by atoms with Gasteiger partial charge in [-0.1, -0.05) is 13.8 Å². The van der Waals surface area contributed by atoms with E-state index in [2.05, 4.69) is 0 Å². The average molecular weight is 176 g/mol. The standard InChI is InChI=1S/C11H12O2/c1-11(2)6-10(13)8-4-3-7(12)5-9(8)11/h3-5,12H,6H2,1-2H3. The molecule has 68 valence electrons. The summed E-state index contributed by atoms with van der Waals surface area (Å²) in [5, 5.41) is 9.30. The molecule has 1 N–H and O–H groups in total. The summed E-state index contributed by atoms with van der Waals surface area (Å²) in [5.74, 6) is 0.418. The van der Waals surface area contributed by atoms with Gasteiger partial charge >= 0.3 is 0 Å². The minimum Gasteiger partial charge on any atom is -0.508 e. The minimum atomic E-state index is -0.120. The van der Waals surface area contributed by atoms with E-state index in [9.17, 15) is 9.90 Å². The first-order chi connectivity index (χ1) is 6.00. The zero-order valence-electron chi connectivity index (χ0n) is 7.79. The summed E-state index contributed by atoms with van der Waals surface area (Å²) < 4.78 is 0. The van der Waals surface area contributed by atoms with Crippen LogP contribution in [-0.4, -0.2) is 10.9 Å². The van der Waals surface area contributed by atoms with Crippen LogP contribution in [-0.2, 0) is 5.41 Å². The Morgan fingerprint density at radius 2 is 2.08 bits per heavy atom. The number of Topliss-reactive ketones (excluding diaryl/α,β-unsaturated/α-hetero) is 1. The van der Waals surface area contributed by atoms with Crippen molar-refractivity contribution < 1.29 is 9.90 Å². The molecule has 0 radical (unpaired) electrons. The molecule has 0 spiro atoms. The second-order valence-corrected chi connectivity index (χ2v) is 4.21. The first kappa shape index (κ1) is 8.30. The Balaban J connectivity index is 2.66. The van der Waals surface area contributed by atoms with Crippen LogP contribution in [0, 0.1) is 0 Å². The molecule has 0 atom stereocenters. The third-order valence-corrected chi connectivity index (χ3v) is 2.64. The van der Waals surface area contributed by atoms with Crippen LogP contribution in [0.1, 0.15) is 36.2 Å². The second kappa shape index (κ2) is 2.34. The number of carbonyl (C=O) groups excluding carboxylic acids is 1. The molecule has 13 heavy (non-hydrogen) atoms. The van der Waals surface area contributed by atoms with Crippen molar-refractivity contribution in [3.63, 3.8) is 0 Å². The normalized spacial score (nSPS) is 18.8. The quantitative estimate of drug-likeness (QED) is 0.658. The highest BCUT2D eigenvalue weighted by Gasteiger charge is 2.35. The number of aromatic hydroxyl groups is 1. The zero-order valence-corrected chi connectivity index (χ0v) is 7.79. The summed E-state index contributed by atoms with van der Waals surface area (Å²) in [6, 6.07) is 4.97.